The molecule has 1 amide bonds. The van der Waals surface area contributed by atoms with Crippen LogP contribution in [0.1, 0.15) is 73.4 Å². The summed E-state index contributed by atoms with van der Waals surface area (Å²) in [4.78, 5) is 24.1. The summed E-state index contributed by atoms with van der Waals surface area (Å²) in [7, 11) is 1.66. The number of carbonyl (C=O) groups is 2. The van der Waals surface area contributed by atoms with Crippen LogP contribution in [0.25, 0.3) is 0 Å². The average molecular weight is 573 g/mol. The van der Waals surface area contributed by atoms with Crippen LogP contribution in [0.5, 0.6) is 5.75 Å². The molecular weight excluding hydrogens is 533 g/mol. The van der Waals surface area contributed by atoms with Crippen molar-refractivity contribution in [2.45, 2.75) is 64.1 Å². The molecule has 0 radical (unpaired) electrons. The molecule has 1 heterocycles. The summed E-state index contributed by atoms with van der Waals surface area (Å²) in [6, 6.07) is 16.0. The molecule has 0 aromatic heterocycles. The first-order chi connectivity index (χ1) is 19.6. The maximum absolute atomic E-state index is 13.1. The van der Waals surface area contributed by atoms with E-state index in [1.165, 1.54) is 38.5 Å². The van der Waals surface area contributed by atoms with Gasteiger partial charge >= 0.3 is 12.1 Å². The molecule has 1 aliphatic carbocycles. The van der Waals surface area contributed by atoms with E-state index < -0.39 is 12.1 Å². The van der Waals surface area contributed by atoms with E-state index in [0.717, 1.165) is 54.4 Å². The summed E-state index contributed by atoms with van der Waals surface area (Å²) in [5.41, 5.74) is 2.59. The van der Waals surface area contributed by atoms with Gasteiger partial charge in [0.25, 0.3) is 5.91 Å². The molecule has 2 atom stereocenters. The maximum atomic E-state index is 13.1. The van der Waals surface area contributed by atoms with Gasteiger partial charge in [0.15, 0.2) is 0 Å². The molecule has 2 fully saturated rings. The van der Waals surface area contributed by atoms with Crippen LogP contribution in [0, 0.1) is 23.7 Å². The Kier molecular flexibility index (Phi) is 12.1. The molecule has 41 heavy (non-hydrogen) atoms. The summed E-state index contributed by atoms with van der Waals surface area (Å²) >= 11 is 0. The van der Waals surface area contributed by atoms with Crippen molar-refractivity contribution in [3.05, 3.63) is 65.2 Å². The number of hydrogen-bond donors (Lipinski definition) is 2. The minimum atomic E-state index is -5.08. The highest BCUT2D eigenvalue weighted by Gasteiger charge is 2.38. The zero-order valence-corrected chi connectivity index (χ0v) is 23.7. The number of aliphatic carboxylic acids is 1. The number of likely N-dealkylation sites (tertiary alicyclic amines) is 1. The van der Waals surface area contributed by atoms with Gasteiger partial charge in [0, 0.05) is 35.8 Å². The Morgan fingerprint density at radius 3 is 2.07 bits per heavy atom. The Morgan fingerprint density at radius 1 is 0.976 bits per heavy atom. The molecule has 2 aromatic rings. The highest BCUT2D eigenvalue weighted by molar-refractivity contribution is 5.94. The number of rotatable bonds is 6. The van der Waals surface area contributed by atoms with E-state index in [4.69, 9.17) is 14.6 Å². The molecule has 1 saturated carbocycles. The third kappa shape index (κ3) is 10.4. The number of carboxylic acids is 1. The minimum absolute atomic E-state index is 0.139. The summed E-state index contributed by atoms with van der Waals surface area (Å²) in [5.74, 6) is 5.91. The molecule has 1 saturated heterocycles. The van der Waals surface area contributed by atoms with Gasteiger partial charge < -0.3 is 20.1 Å². The smallest absolute Gasteiger partial charge is 0.490 e. The second kappa shape index (κ2) is 15.5. The fourth-order valence-corrected chi connectivity index (χ4v) is 5.27. The number of nitrogens with zero attached hydrogens (tertiary/aromatic N) is 1. The monoisotopic (exact) mass is 572 g/mol. The summed E-state index contributed by atoms with van der Waals surface area (Å²) in [6.45, 7) is 5.07. The second-order valence-electron chi connectivity index (χ2n) is 10.7. The Labute approximate surface area is 240 Å². The second-order valence-corrected chi connectivity index (χ2v) is 10.7. The molecule has 2 N–H and O–H groups in total. The number of nitrogens with one attached hydrogen (secondary N) is 1. The number of ether oxygens (including phenoxy) is 1. The van der Waals surface area contributed by atoms with E-state index >= 15 is 0 Å². The van der Waals surface area contributed by atoms with Crippen LogP contribution in [-0.2, 0) is 4.79 Å². The first-order valence-electron chi connectivity index (χ1n) is 14.2. The lowest BCUT2D eigenvalue weighted by atomic mass is 9.84. The number of benzene rings is 2. The highest BCUT2D eigenvalue weighted by Crippen LogP contribution is 2.27. The molecule has 9 heteroatoms. The fraction of sp³-hybridized carbons (Fsp3) is 0.500. The minimum Gasteiger partial charge on any atom is -0.497 e. The average Bonchev–Trinajstić information content (AvgIpc) is 2.99. The van der Waals surface area contributed by atoms with Crippen LogP contribution < -0.4 is 10.1 Å². The SMILES string of the molecule is COc1ccc(C#Cc2ccc(C(=O)N3CCCC(CN[C@H](C)C4CCCCC4)C3)cc2)cc1.O=C(O)C(F)(F)F. The van der Waals surface area contributed by atoms with Crippen molar-refractivity contribution in [2.75, 3.05) is 26.7 Å². The molecule has 1 unspecified atom stereocenters. The van der Waals surface area contributed by atoms with Gasteiger partial charge in [0.2, 0.25) is 0 Å². The van der Waals surface area contributed by atoms with Crippen LogP contribution in [0.15, 0.2) is 48.5 Å². The van der Waals surface area contributed by atoms with Gasteiger partial charge in [-0.3, -0.25) is 4.79 Å². The van der Waals surface area contributed by atoms with Crippen molar-refractivity contribution in [2.24, 2.45) is 11.8 Å². The molecule has 222 valence electrons. The first kappa shape index (κ1) is 32.0. The summed E-state index contributed by atoms with van der Waals surface area (Å²) in [5, 5.41) is 10.9. The number of carbonyl (C=O) groups excluding carboxylic acids is 1. The number of piperidine rings is 1. The van der Waals surface area contributed by atoms with Crippen molar-refractivity contribution in [1.29, 1.82) is 0 Å². The van der Waals surface area contributed by atoms with E-state index in [1.807, 2.05) is 53.4 Å². The van der Waals surface area contributed by atoms with E-state index in [2.05, 4.69) is 24.1 Å². The van der Waals surface area contributed by atoms with Gasteiger partial charge in [-0.15, -0.1) is 0 Å². The molecule has 4 rings (SSSR count). The Hall–Kier alpha value is -3.51. The zero-order valence-electron chi connectivity index (χ0n) is 23.7. The standard InChI is InChI=1S/C30H38N2O2.C2HF3O2/c1-23(27-8-4-3-5-9-27)31-21-26-7-6-20-32(22-26)30(33)28-16-12-24(13-17-28)10-11-25-14-18-29(34-2)19-15-25;3-2(4,5)1(6)7/h12-19,23,26-27,31H,3-9,20-22H2,1-2H3;(H,6,7)/t23-,26?;/m1./s1. The lowest BCUT2D eigenvalue weighted by molar-refractivity contribution is -0.192. The van der Waals surface area contributed by atoms with Gasteiger partial charge in [-0.2, -0.15) is 13.2 Å². The number of methoxy groups -OCH3 is 1. The van der Waals surface area contributed by atoms with Gasteiger partial charge in [0.1, 0.15) is 5.75 Å². The van der Waals surface area contributed by atoms with Gasteiger partial charge in [0.05, 0.1) is 7.11 Å². The molecule has 6 nitrogen and oxygen atoms in total. The normalized spacial score (nSPS) is 18.3. The van der Waals surface area contributed by atoms with Crippen LogP contribution in [0.3, 0.4) is 0 Å². The maximum Gasteiger partial charge on any atom is 0.490 e. The highest BCUT2D eigenvalue weighted by atomic mass is 19.4. The number of halogens is 3. The molecule has 0 bridgehead atoms. The molecule has 2 aromatic carbocycles. The zero-order chi connectivity index (χ0) is 29.8. The number of amides is 1. The molecule has 2 aliphatic rings. The van der Waals surface area contributed by atoms with Crippen molar-refractivity contribution in [3.8, 4) is 17.6 Å². The number of carboxylic acid groups (broad SMARTS) is 1. The summed E-state index contributed by atoms with van der Waals surface area (Å²) in [6.07, 6.45) is 4.10. The van der Waals surface area contributed by atoms with Crippen LogP contribution >= 0.6 is 0 Å². The third-order valence-corrected chi connectivity index (χ3v) is 7.71. The molecule has 0 spiro atoms. The third-order valence-electron chi connectivity index (χ3n) is 7.71. The van der Waals surface area contributed by atoms with Gasteiger partial charge in [-0.1, -0.05) is 31.1 Å². The van der Waals surface area contributed by atoms with Crippen LogP contribution in [0.4, 0.5) is 13.2 Å². The van der Waals surface area contributed by atoms with E-state index in [0.29, 0.717) is 12.0 Å². The molecule has 1 aliphatic heterocycles. The van der Waals surface area contributed by atoms with Gasteiger partial charge in [-0.05, 0) is 99.5 Å². The lowest BCUT2D eigenvalue weighted by Crippen LogP contribution is -2.45. The lowest BCUT2D eigenvalue weighted by Gasteiger charge is -2.35. The largest absolute Gasteiger partial charge is 0.497 e. The van der Waals surface area contributed by atoms with E-state index in [9.17, 15) is 18.0 Å². The van der Waals surface area contributed by atoms with Crippen molar-refractivity contribution in [3.63, 3.8) is 0 Å². The van der Waals surface area contributed by atoms with Crippen molar-refractivity contribution in [1.82, 2.24) is 10.2 Å². The first-order valence-corrected chi connectivity index (χ1v) is 14.2. The Balaban J connectivity index is 0.000000587. The topological polar surface area (TPSA) is 78.9 Å². The van der Waals surface area contributed by atoms with Crippen molar-refractivity contribution < 1.29 is 32.6 Å². The van der Waals surface area contributed by atoms with E-state index in [1.54, 1.807) is 7.11 Å². The van der Waals surface area contributed by atoms with E-state index in [-0.39, 0.29) is 5.91 Å². The van der Waals surface area contributed by atoms with Crippen molar-refractivity contribution >= 4 is 11.9 Å². The van der Waals surface area contributed by atoms with Crippen LogP contribution in [-0.4, -0.2) is 60.8 Å². The Morgan fingerprint density at radius 2 is 1.54 bits per heavy atom. The summed E-state index contributed by atoms with van der Waals surface area (Å²) < 4.78 is 36.9. The van der Waals surface area contributed by atoms with Gasteiger partial charge in [-0.25, -0.2) is 4.79 Å². The van der Waals surface area contributed by atoms with Crippen LogP contribution in [0.2, 0.25) is 0 Å². The number of hydrogen-bond acceptors (Lipinski definition) is 4. The number of alkyl halides is 3. The fourth-order valence-electron chi connectivity index (χ4n) is 5.27. The predicted octanol–water partition coefficient (Wildman–Crippen LogP) is 6.14. The molecular formula is C32H39F3N2O4. The predicted molar refractivity (Wildman–Crippen MR) is 152 cm³/mol. The Bertz CT molecular complexity index is 1180. The quantitative estimate of drug-likeness (QED) is 0.407.